The van der Waals surface area contributed by atoms with Crippen LogP contribution in [0, 0.1) is 0 Å². The van der Waals surface area contributed by atoms with E-state index in [4.69, 9.17) is 0 Å². The second kappa shape index (κ2) is 12.7. The van der Waals surface area contributed by atoms with Crippen molar-refractivity contribution in [3.63, 3.8) is 0 Å². The fraction of sp³-hybridized carbons (Fsp3) is 0.448. The molecule has 0 bridgehead atoms. The molecule has 174 valence electrons. The lowest BCUT2D eigenvalue weighted by Gasteiger charge is -2.20. The van der Waals surface area contributed by atoms with Gasteiger partial charge in [-0.1, -0.05) is 87.5 Å². The lowest BCUT2D eigenvalue weighted by atomic mass is 9.95. The van der Waals surface area contributed by atoms with Gasteiger partial charge in [0.25, 0.3) is 0 Å². The van der Waals surface area contributed by atoms with Gasteiger partial charge in [-0.15, -0.1) is 0 Å². The van der Waals surface area contributed by atoms with Gasteiger partial charge in [0.2, 0.25) is 0 Å². The number of aliphatic hydroxyl groups is 3. The third-order valence-electron chi connectivity index (χ3n) is 6.24. The summed E-state index contributed by atoms with van der Waals surface area (Å²) in [5.74, 6) is 0. The Kier molecular flexibility index (Phi) is 10.4. The Hall–Kier alpha value is -2.20. The van der Waals surface area contributed by atoms with E-state index in [0.29, 0.717) is 19.3 Å². The molecule has 2 unspecified atom stereocenters. The van der Waals surface area contributed by atoms with E-state index in [1.165, 1.54) is 22.3 Å². The van der Waals surface area contributed by atoms with Crippen LogP contribution in [0.1, 0.15) is 81.7 Å². The normalized spacial score (nSPS) is 14.7. The van der Waals surface area contributed by atoms with Gasteiger partial charge in [0.1, 0.15) is 0 Å². The molecule has 2 rings (SSSR count). The summed E-state index contributed by atoms with van der Waals surface area (Å²) < 4.78 is 0. The lowest BCUT2D eigenvalue weighted by molar-refractivity contribution is 0.0828. The molecule has 2 aromatic rings. The number of benzene rings is 2. The average Bonchev–Trinajstić information content (AvgIpc) is 2.80. The van der Waals surface area contributed by atoms with E-state index >= 15 is 0 Å². The Labute approximate surface area is 194 Å². The highest BCUT2D eigenvalue weighted by Gasteiger charge is 2.17. The molecule has 0 aliphatic rings. The maximum atomic E-state index is 10.5. The minimum atomic E-state index is -0.723. The lowest BCUT2D eigenvalue weighted by Crippen LogP contribution is -2.22. The summed E-state index contributed by atoms with van der Waals surface area (Å²) in [7, 11) is 0. The predicted octanol–water partition coefficient (Wildman–Crippen LogP) is 6.18. The van der Waals surface area contributed by atoms with E-state index in [9.17, 15) is 15.3 Å². The molecule has 0 saturated carbocycles. The molecule has 0 aliphatic heterocycles. The van der Waals surface area contributed by atoms with Crippen LogP contribution in [-0.4, -0.2) is 27.0 Å². The summed E-state index contributed by atoms with van der Waals surface area (Å²) >= 11 is 0. The van der Waals surface area contributed by atoms with Crippen LogP contribution in [0.3, 0.4) is 0 Å². The van der Waals surface area contributed by atoms with Gasteiger partial charge in [-0.05, 0) is 66.9 Å². The molecule has 3 nitrogen and oxygen atoms in total. The number of allylic oxidation sites excluding steroid dienone is 3. The monoisotopic (exact) mass is 436 g/mol. The number of aliphatic hydroxyl groups excluding tert-OH is 2. The van der Waals surface area contributed by atoms with Crippen molar-refractivity contribution >= 4 is 5.57 Å². The fourth-order valence-electron chi connectivity index (χ4n) is 3.83. The van der Waals surface area contributed by atoms with Crippen LogP contribution >= 0.6 is 0 Å². The third-order valence-corrected chi connectivity index (χ3v) is 6.24. The van der Waals surface area contributed by atoms with Crippen molar-refractivity contribution in [3.05, 3.63) is 89.0 Å². The molecule has 0 spiro atoms. The number of hydrogen-bond donors (Lipinski definition) is 3. The first kappa shape index (κ1) is 26.1. The van der Waals surface area contributed by atoms with Gasteiger partial charge in [0.05, 0.1) is 17.8 Å². The first-order valence-corrected chi connectivity index (χ1v) is 11.9. The van der Waals surface area contributed by atoms with E-state index in [-0.39, 0.29) is 0 Å². The summed E-state index contributed by atoms with van der Waals surface area (Å²) in [6, 6.07) is 16.7. The van der Waals surface area contributed by atoms with Gasteiger partial charge < -0.3 is 15.3 Å². The standard InChI is InChI=1S/C29H40O3/c1-5-25(12-9-19-29(32,6-2)7-3)27-11-8-10-24(21-27)14-13-23-15-17-26(18-16-23)28(31)20-22(4)30/h8-12,15-19,21-22,28,30-32H,5-7,13-14,20H2,1-4H3/b19-9+,25-12+. The molecular weight excluding hydrogens is 396 g/mol. The average molecular weight is 437 g/mol. The van der Waals surface area contributed by atoms with Crippen LogP contribution in [-0.2, 0) is 12.8 Å². The van der Waals surface area contributed by atoms with Gasteiger partial charge >= 0.3 is 0 Å². The van der Waals surface area contributed by atoms with Crippen LogP contribution in [0.2, 0.25) is 0 Å². The van der Waals surface area contributed by atoms with Crippen molar-refractivity contribution < 1.29 is 15.3 Å². The molecule has 0 aromatic heterocycles. The van der Waals surface area contributed by atoms with Gasteiger partial charge in [-0.25, -0.2) is 0 Å². The highest BCUT2D eigenvalue weighted by Crippen LogP contribution is 2.23. The van der Waals surface area contributed by atoms with E-state index in [1.54, 1.807) is 6.92 Å². The van der Waals surface area contributed by atoms with Crippen LogP contribution in [0.15, 0.2) is 66.8 Å². The van der Waals surface area contributed by atoms with Crippen molar-refractivity contribution in [1.82, 2.24) is 0 Å². The highest BCUT2D eigenvalue weighted by atomic mass is 16.3. The molecule has 0 aliphatic carbocycles. The third kappa shape index (κ3) is 8.05. The molecule has 0 radical (unpaired) electrons. The topological polar surface area (TPSA) is 60.7 Å². The first-order chi connectivity index (χ1) is 15.3. The SMILES string of the molecule is CC/C(=C\C=C\C(O)(CC)CC)c1cccc(CCc2ccc(C(O)CC(C)O)cc2)c1. The van der Waals surface area contributed by atoms with Gasteiger partial charge in [-0.3, -0.25) is 0 Å². The summed E-state index contributed by atoms with van der Waals surface area (Å²) in [5, 5.41) is 30.1. The summed E-state index contributed by atoms with van der Waals surface area (Å²) in [6.45, 7) is 7.86. The zero-order chi connectivity index (χ0) is 23.6. The van der Waals surface area contributed by atoms with Crippen molar-refractivity contribution in [2.45, 2.75) is 84.0 Å². The van der Waals surface area contributed by atoms with E-state index < -0.39 is 17.8 Å². The van der Waals surface area contributed by atoms with Crippen molar-refractivity contribution in [2.24, 2.45) is 0 Å². The van der Waals surface area contributed by atoms with Gasteiger partial charge in [0, 0.05) is 6.42 Å². The zero-order valence-corrected chi connectivity index (χ0v) is 20.1. The van der Waals surface area contributed by atoms with Crippen molar-refractivity contribution in [3.8, 4) is 0 Å². The predicted molar refractivity (Wildman–Crippen MR) is 134 cm³/mol. The van der Waals surface area contributed by atoms with Crippen LogP contribution in [0.4, 0.5) is 0 Å². The van der Waals surface area contributed by atoms with Crippen molar-refractivity contribution in [1.29, 1.82) is 0 Å². The maximum Gasteiger partial charge on any atom is 0.0825 e. The Morgan fingerprint density at radius 3 is 2.19 bits per heavy atom. The smallest absolute Gasteiger partial charge is 0.0825 e. The Balaban J connectivity index is 2.04. The van der Waals surface area contributed by atoms with Gasteiger partial charge in [-0.2, -0.15) is 0 Å². The quantitative estimate of drug-likeness (QED) is 0.348. The zero-order valence-electron chi connectivity index (χ0n) is 20.1. The number of hydrogen-bond acceptors (Lipinski definition) is 3. The second-order valence-corrected chi connectivity index (χ2v) is 8.76. The van der Waals surface area contributed by atoms with Crippen LogP contribution in [0.5, 0.6) is 0 Å². The number of rotatable bonds is 12. The molecule has 2 atom stereocenters. The molecule has 2 aromatic carbocycles. The van der Waals surface area contributed by atoms with E-state index in [0.717, 1.165) is 24.8 Å². The molecule has 0 heterocycles. The minimum absolute atomic E-state index is 0.352. The van der Waals surface area contributed by atoms with Gasteiger partial charge in [0.15, 0.2) is 0 Å². The summed E-state index contributed by atoms with van der Waals surface area (Å²) in [5.41, 5.74) is 5.13. The molecule has 3 N–H and O–H groups in total. The van der Waals surface area contributed by atoms with E-state index in [1.807, 2.05) is 38.1 Å². The van der Waals surface area contributed by atoms with E-state index in [2.05, 4.69) is 49.4 Å². The highest BCUT2D eigenvalue weighted by molar-refractivity contribution is 5.67. The minimum Gasteiger partial charge on any atom is -0.393 e. The molecule has 0 amide bonds. The Morgan fingerprint density at radius 2 is 1.59 bits per heavy atom. The first-order valence-electron chi connectivity index (χ1n) is 11.9. The summed E-state index contributed by atoms with van der Waals surface area (Å²) in [6.07, 6.45) is 9.47. The molecule has 3 heteroatoms. The van der Waals surface area contributed by atoms with Crippen molar-refractivity contribution in [2.75, 3.05) is 0 Å². The molecule has 0 saturated heterocycles. The molecule has 32 heavy (non-hydrogen) atoms. The number of aryl methyl sites for hydroxylation is 2. The fourth-order valence-corrected chi connectivity index (χ4v) is 3.83. The largest absolute Gasteiger partial charge is 0.393 e. The Morgan fingerprint density at radius 1 is 0.938 bits per heavy atom. The van der Waals surface area contributed by atoms with Crippen LogP contribution < -0.4 is 0 Å². The molecular formula is C29H40O3. The maximum absolute atomic E-state index is 10.5. The summed E-state index contributed by atoms with van der Waals surface area (Å²) in [4.78, 5) is 0. The molecule has 0 fully saturated rings. The Bertz CT molecular complexity index is 874. The van der Waals surface area contributed by atoms with Crippen LogP contribution in [0.25, 0.3) is 5.57 Å². The second-order valence-electron chi connectivity index (χ2n) is 8.76.